The summed E-state index contributed by atoms with van der Waals surface area (Å²) < 4.78 is 4.92. The van der Waals surface area contributed by atoms with E-state index in [1.165, 1.54) is 0 Å². The van der Waals surface area contributed by atoms with Crippen molar-refractivity contribution in [2.45, 2.75) is 44.6 Å². The number of ether oxygens (including phenoxy) is 1. The van der Waals surface area contributed by atoms with Gasteiger partial charge in [-0.3, -0.25) is 9.59 Å². The number of rotatable bonds is 8. The van der Waals surface area contributed by atoms with Gasteiger partial charge < -0.3 is 20.9 Å². The molecule has 0 saturated heterocycles. The maximum atomic E-state index is 11.8. The predicted molar refractivity (Wildman–Crippen MR) is 75.2 cm³/mol. The summed E-state index contributed by atoms with van der Waals surface area (Å²) in [7, 11) is 1.62. The molecule has 1 fully saturated rings. The highest BCUT2D eigenvalue weighted by Gasteiger charge is 2.26. The van der Waals surface area contributed by atoms with Gasteiger partial charge in [0.15, 0.2) is 0 Å². The van der Waals surface area contributed by atoms with Crippen LogP contribution < -0.4 is 11.1 Å². The van der Waals surface area contributed by atoms with Gasteiger partial charge in [-0.1, -0.05) is 0 Å². The molecule has 0 aromatic heterocycles. The third kappa shape index (κ3) is 5.88. The Labute approximate surface area is 120 Å². The Hall–Kier alpha value is -1.14. The van der Waals surface area contributed by atoms with Crippen molar-refractivity contribution in [2.24, 2.45) is 17.6 Å². The highest BCUT2D eigenvalue weighted by molar-refractivity contribution is 5.81. The first-order valence-corrected chi connectivity index (χ1v) is 7.29. The van der Waals surface area contributed by atoms with E-state index in [4.69, 9.17) is 15.6 Å². The standard InChI is InChI=1S/C14H26N2O4/c1-20-8-2-3-12(15)13(17)16-9-10-4-6-11(7-5-10)14(18)19/h10-12H,2-9,15H2,1H3,(H,16,17)(H,18,19). The van der Waals surface area contributed by atoms with Crippen molar-refractivity contribution in [2.75, 3.05) is 20.3 Å². The van der Waals surface area contributed by atoms with E-state index in [0.29, 0.717) is 38.3 Å². The molecule has 0 aromatic rings. The van der Waals surface area contributed by atoms with Gasteiger partial charge in [0.1, 0.15) is 0 Å². The lowest BCUT2D eigenvalue weighted by Crippen LogP contribution is -2.43. The molecule has 0 spiro atoms. The molecule has 1 amide bonds. The van der Waals surface area contributed by atoms with Crippen molar-refractivity contribution < 1.29 is 19.4 Å². The fourth-order valence-electron chi connectivity index (χ4n) is 2.57. The summed E-state index contributed by atoms with van der Waals surface area (Å²) in [4.78, 5) is 22.6. The normalized spacial score (nSPS) is 24.1. The minimum absolute atomic E-state index is 0.124. The lowest BCUT2D eigenvalue weighted by atomic mass is 9.82. The van der Waals surface area contributed by atoms with E-state index in [9.17, 15) is 9.59 Å². The van der Waals surface area contributed by atoms with Gasteiger partial charge >= 0.3 is 5.97 Å². The molecular formula is C14H26N2O4. The minimum Gasteiger partial charge on any atom is -0.481 e. The molecule has 6 nitrogen and oxygen atoms in total. The number of hydrogen-bond acceptors (Lipinski definition) is 4. The van der Waals surface area contributed by atoms with E-state index in [-0.39, 0.29) is 11.8 Å². The Morgan fingerprint density at radius 1 is 1.35 bits per heavy atom. The summed E-state index contributed by atoms with van der Waals surface area (Å²) in [5.41, 5.74) is 5.79. The molecular weight excluding hydrogens is 260 g/mol. The number of nitrogens with two attached hydrogens (primary N) is 1. The molecule has 1 atom stereocenters. The van der Waals surface area contributed by atoms with Gasteiger partial charge in [-0.15, -0.1) is 0 Å². The number of hydrogen-bond donors (Lipinski definition) is 3. The van der Waals surface area contributed by atoms with Gasteiger partial charge in [-0.2, -0.15) is 0 Å². The fraction of sp³-hybridized carbons (Fsp3) is 0.857. The third-order valence-electron chi connectivity index (χ3n) is 3.96. The highest BCUT2D eigenvalue weighted by Crippen LogP contribution is 2.28. The Morgan fingerprint density at radius 3 is 2.55 bits per heavy atom. The second-order valence-corrected chi connectivity index (χ2v) is 5.54. The van der Waals surface area contributed by atoms with Crippen LogP contribution in [0.4, 0.5) is 0 Å². The molecule has 0 aromatic carbocycles. The second kappa shape index (κ2) is 8.92. The number of amides is 1. The predicted octanol–water partition coefficient (Wildman–Crippen LogP) is 0.748. The molecule has 1 rings (SSSR count). The molecule has 0 radical (unpaired) electrons. The van der Waals surface area contributed by atoms with Crippen LogP contribution in [0, 0.1) is 11.8 Å². The van der Waals surface area contributed by atoms with Gasteiger partial charge in [-0.05, 0) is 44.4 Å². The average Bonchev–Trinajstić information content (AvgIpc) is 2.45. The van der Waals surface area contributed by atoms with E-state index >= 15 is 0 Å². The molecule has 1 aliphatic carbocycles. The van der Waals surface area contributed by atoms with E-state index < -0.39 is 12.0 Å². The van der Waals surface area contributed by atoms with Gasteiger partial charge in [0.2, 0.25) is 5.91 Å². The van der Waals surface area contributed by atoms with Crippen LogP contribution in [0.3, 0.4) is 0 Å². The first kappa shape index (κ1) is 16.9. The number of carboxylic acid groups (broad SMARTS) is 1. The number of carboxylic acids is 1. The molecule has 1 saturated carbocycles. The number of aliphatic carboxylic acids is 1. The van der Waals surface area contributed by atoms with Crippen LogP contribution in [-0.4, -0.2) is 43.3 Å². The SMILES string of the molecule is COCCCC(N)C(=O)NCC1CCC(C(=O)O)CC1. The highest BCUT2D eigenvalue weighted by atomic mass is 16.5. The van der Waals surface area contributed by atoms with Crippen LogP contribution >= 0.6 is 0 Å². The first-order valence-electron chi connectivity index (χ1n) is 7.29. The summed E-state index contributed by atoms with van der Waals surface area (Å²) in [6.45, 7) is 1.21. The van der Waals surface area contributed by atoms with Crippen LogP contribution in [0.15, 0.2) is 0 Å². The minimum atomic E-state index is -0.701. The summed E-state index contributed by atoms with van der Waals surface area (Å²) in [5, 5.41) is 11.8. The van der Waals surface area contributed by atoms with Crippen molar-refractivity contribution in [3.8, 4) is 0 Å². The van der Waals surface area contributed by atoms with Gasteiger partial charge in [0.05, 0.1) is 12.0 Å². The van der Waals surface area contributed by atoms with Crippen LogP contribution in [0.25, 0.3) is 0 Å². The smallest absolute Gasteiger partial charge is 0.306 e. The molecule has 1 aliphatic rings. The van der Waals surface area contributed by atoms with Gasteiger partial charge in [0.25, 0.3) is 0 Å². The molecule has 1 unspecified atom stereocenters. The topological polar surface area (TPSA) is 102 Å². The van der Waals surface area contributed by atoms with Crippen LogP contribution in [0.5, 0.6) is 0 Å². The summed E-state index contributed by atoms with van der Waals surface area (Å²) >= 11 is 0. The van der Waals surface area contributed by atoms with Crippen LogP contribution in [-0.2, 0) is 14.3 Å². The Kier molecular flexibility index (Phi) is 7.54. The van der Waals surface area contributed by atoms with Crippen molar-refractivity contribution >= 4 is 11.9 Å². The maximum Gasteiger partial charge on any atom is 0.306 e. The van der Waals surface area contributed by atoms with E-state index in [1.807, 2.05) is 0 Å². The number of nitrogens with one attached hydrogen (secondary N) is 1. The Morgan fingerprint density at radius 2 is 2.00 bits per heavy atom. The summed E-state index contributed by atoms with van der Waals surface area (Å²) in [6.07, 6.45) is 4.51. The van der Waals surface area contributed by atoms with E-state index in [0.717, 1.165) is 19.3 Å². The second-order valence-electron chi connectivity index (χ2n) is 5.54. The van der Waals surface area contributed by atoms with E-state index in [2.05, 4.69) is 5.32 Å². The average molecular weight is 286 g/mol. The van der Waals surface area contributed by atoms with Crippen molar-refractivity contribution in [3.05, 3.63) is 0 Å². The zero-order chi connectivity index (χ0) is 15.0. The molecule has 20 heavy (non-hydrogen) atoms. The lowest BCUT2D eigenvalue weighted by Gasteiger charge is -2.26. The zero-order valence-corrected chi connectivity index (χ0v) is 12.1. The molecule has 116 valence electrons. The Balaban J connectivity index is 2.17. The maximum absolute atomic E-state index is 11.8. The van der Waals surface area contributed by atoms with Crippen LogP contribution in [0.1, 0.15) is 38.5 Å². The van der Waals surface area contributed by atoms with Crippen molar-refractivity contribution in [1.29, 1.82) is 0 Å². The lowest BCUT2D eigenvalue weighted by molar-refractivity contribution is -0.143. The van der Waals surface area contributed by atoms with Gasteiger partial charge in [0, 0.05) is 20.3 Å². The monoisotopic (exact) mass is 286 g/mol. The molecule has 0 heterocycles. The van der Waals surface area contributed by atoms with E-state index in [1.54, 1.807) is 7.11 Å². The summed E-state index contributed by atoms with van der Waals surface area (Å²) in [5.74, 6) is -0.659. The van der Waals surface area contributed by atoms with Crippen LogP contribution in [0.2, 0.25) is 0 Å². The fourth-order valence-corrected chi connectivity index (χ4v) is 2.57. The molecule has 6 heteroatoms. The number of methoxy groups -OCH3 is 1. The number of carbonyl (C=O) groups excluding carboxylic acids is 1. The third-order valence-corrected chi connectivity index (χ3v) is 3.96. The van der Waals surface area contributed by atoms with Crippen molar-refractivity contribution in [3.63, 3.8) is 0 Å². The number of carbonyl (C=O) groups is 2. The van der Waals surface area contributed by atoms with Crippen molar-refractivity contribution in [1.82, 2.24) is 5.32 Å². The molecule has 0 bridgehead atoms. The summed E-state index contributed by atoms with van der Waals surface area (Å²) in [6, 6.07) is -0.486. The zero-order valence-electron chi connectivity index (χ0n) is 12.1. The molecule has 0 aliphatic heterocycles. The first-order chi connectivity index (χ1) is 9.54. The quantitative estimate of drug-likeness (QED) is 0.571. The largest absolute Gasteiger partial charge is 0.481 e. The molecule has 4 N–H and O–H groups in total. The van der Waals surface area contributed by atoms with Gasteiger partial charge in [-0.25, -0.2) is 0 Å². The Bertz CT molecular complexity index is 314.